The third-order valence-corrected chi connectivity index (χ3v) is 4.20. The lowest BCUT2D eigenvalue weighted by Crippen LogP contribution is -2.47. The first kappa shape index (κ1) is 11.1. The Morgan fingerprint density at radius 2 is 2.27 bits per heavy atom. The van der Waals surface area contributed by atoms with E-state index in [1.54, 1.807) is 0 Å². The van der Waals surface area contributed by atoms with Gasteiger partial charge in [-0.05, 0) is 18.6 Å². The number of thioether (sulfide) groups is 1. The van der Waals surface area contributed by atoms with E-state index in [4.69, 9.17) is 4.74 Å². The van der Waals surface area contributed by atoms with E-state index in [1.165, 1.54) is 18.6 Å². The Labute approximate surface area is 94.7 Å². The average Bonchev–Trinajstić information content (AvgIpc) is 2.80. The molecule has 0 radical (unpaired) electrons. The van der Waals surface area contributed by atoms with Crippen LogP contribution in [-0.2, 0) is 4.74 Å². The quantitative estimate of drug-likeness (QED) is 0.767. The number of hydrogen-bond acceptors (Lipinski definition) is 3. The monoisotopic (exact) mass is 230 g/mol. The summed E-state index contributed by atoms with van der Waals surface area (Å²) >= 11 is 1.97. The third kappa shape index (κ3) is 3.28. The summed E-state index contributed by atoms with van der Waals surface area (Å²) in [4.78, 5) is 13.5. The van der Waals surface area contributed by atoms with Crippen LogP contribution in [0.3, 0.4) is 0 Å². The maximum atomic E-state index is 11.7. The maximum absolute atomic E-state index is 11.7. The number of urea groups is 1. The zero-order valence-electron chi connectivity index (χ0n) is 8.91. The molecule has 2 amide bonds. The first-order chi connectivity index (χ1) is 7.36. The summed E-state index contributed by atoms with van der Waals surface area (Å²) in [5.74, 6) is 1.25. The third-order valence-electron chi connectivity index (χ3n) is 2.80. The van der Waals surface area contributed by atoms with Crippen LogP contribution in [0, 0.1) is 0 Å². The molecular weight excluding hydrogens is 212 g/mol. The molecule has 2 saturated heterocycles. The van der Waals surface area contributed by atoms with Crippen molar-refractivity contribution in [2.75, 3.05) is 38.6 Å². The van der Waals surface area contributed by atoms with Gasteiger partial charge in [-0.15, -0.1) is 0 Å². The Morgan fingerprint density at radius 1 is 1.47 bits per heavy atom. The molecule has 86 valence electrons. The number of carbonyl (C=O) groups excluding carboxylic acids is 1. The standard InChI is InChI=1S/C10H18N2O2S/c13-10(12-3-5-14-6-4-12)11-8-9-2-1-7-15-9/h9H,1-8H2,(H,11,13). The van der Waals surface area contributed by atoms with Crippen LogP contribution in [0.25, 0.3) is 0 Å². The van der Waals surface area contributed by atoms with Gasteiger partial charge in [-0.25, -0.2) is 4.79 Å². The lowest BCUT2D eigenvalue weighted by molar-refractivity contribution is 0.0532. The van der Waals surface area contributed by atoms with Gasteiger partial charge in [0.15, 0.2) is 0 Å². The molecule has 5 heteroatoms. The molecule has 0 aromatic heterocycles. The van der Waals surface area contributed by atoms with Gasteiger partial charge in [-0.2, -0.15) is 11.8 Å². The predicted octanol–water partition coefficient (Wildman–Crippen LogP) is 0.924. The van der Waals surface area contributed by atoms with Crippen LogP contribution in [0.5, 0.6) is 0 Å². The van der Waals surface area contributed by atoms with E-state index in [0.717, 1.165) is 19.6 Å². The fourth-order valence-corrected chi connectivity index (χ4v) is 3.09. The maximum Gasteiger partial charge on any atom is 0.317 e. The lowest BCUT2D eigenvalue weighted by Gasteiger charge is -2.27. The van der Waals surface area contributed by atoms with Gasteiger partial charge >= 0.3 is 6.03 Å². The fraction of sp³-hybridized carbons (Fsp3) is 0.900. The van der Waals surface area contributed by atoms with Crippen LogP contribution >= 0.6 is 11.8 Å². The number of carbonyl (C=O) groups is 1. The highest BCUT2D eigenvalue weighted by Gasteiger charge is 2.19. The molecule has 2 rings (SSSR count). The Kier molecular flexibility index (Phi) is 4.14. The van der Waals surface area contributed by atoms with E-state index in [9.17, 15) is 4.79 Å². The Morgan fingerprint density at radius 3 is 2.93 bits per heavy atom. The molecule has 0 aromatic rings. The molecule has 2 aliphatic rings. The van der Waals surface area contributed by atoms with Crippen molar-refractivity contribution in [2.45, 2.75) is 18.1 Å². The molecule has 2 aliphatic heterocycles. The summed E-state index contributed by atoms with van der Waals surface area (Å²) in [6.07, 6.45) is 2.54. The number of nitrogens with one attached hydrogen (secondary N) is 1. The summed E-state index contributed by atoms with van der Waals surface area (Å²) in [7, 11) is 0. The lowest BCUT2D eigenvalue weighted by atomic mass is 10.2. The highest BCUT2D eigenvalue weighted by molar-refractivity contribution is 8.00. The molecule has 1 atom stereocenters. The second-order valence-electron chi connectivity index (χ2n) is 3.92. The van der Waals surface area contributed by atoms with E-state index in [1.807, 2.05) is 16.7 Å². The van der Waals surface area contributed by atoms with Gasteiger partial charge in [0.2, 0.25) is 0 Å². The number of rotatable bonds is 2. The van der Waals surface area contributed by atoms with Gasteiger partial charge in [-0.1, -0.05) is 0 Å². The first-order valence-electron chi connectivity index (χ1n) is 5.58. The number of morpholine rings is 1. The molecular formula is C10H18N2O2S. The van der Waals surface area contributed by atoms with Crippen LogP contribution in [-0.4, -0.2) is 54.8 Å². The van der Waals surface area contributed by atoms with E-state index < -0.39 is 0 Å². The van der Waals surface area contributed by atoms with Crippen LogP contribution in [0.4, 0.5) is 4.79 Å². The molecule has 15 heavy (non-hydrogen) atoms. The van der Waals surface area contributed by atoms with E-state index in [0.29, 0.717) is 18.5 Å². The number of amides is 2. The van der Waals surface area contributed by atoms with E-state index in [2.05, 4.69) is 5.32 Å². The number of nitrogens with zero attached hydrogens (tertiary/aromatic N) is 1. The first-order valence-corrected chi connectivity index (χ1v) is 6.63. The van der Waals surface area contributed by atoms with Crippen LogP contribution in [0.1, 0.15) is 12.8 Å². The minimum absolute atomic E-state index is 0.0748. The normalized spacial score (nSPS) is 26.7. The number of hydrogen-bond donors (Lipinski definition) is 1. The van der Waals surface area contributed by atoms with Crippen molar-refractivity contribution in [3.8, 4) is 0 Å². The van der Waals surface area contributed by atoms with Crippen molar-refractivity contribution in [3.63, 3.8) is 0 Å². The summed E-state index contributed by atoms with van der Waals surface area (Å²) in [5.41, 5.74) is 0. The zero-order chi connectivity index (χ0) is 10.5. The summed E-state index contributed by atoms with van der Waals surface area (Å²) in [5, 5.41) is 3.64. The van der Waals surface area contributed by atoms with E-state index >= 15 is 0 Å². The highest BCUT2D eigenvalue weighted by atomic mass is 32.2. The molecule has 1 N–H and O–H groups in total. The minimum atomic E-state index is 0.0748. The van der Waals surface area contributed by atoms with Crippen LogP contribution in [0.2, 0.25) is 0 Å². The Balaban J connectivity index is 1.66. The molecule has 0 aromatic carbocycles. The summed E-state index contributed by atoms with van der Waals surface area (Å²) < 4.78 is 5.20. The second kappa shape index (κ2) is 5.61. The van der Waals surface area contributed by atoms with Crippen molar-refractivity contribution in [1.29, 1.82) is 0 Å². The highest BCUT2D eigenvalue weighted by Crippen LogP contribution is 2.25. The Hall–Kier alpha value is -0.420. The van der Waals surface area contributed by atoms with Gasteiger partial charge in [0.05, 0.1) is 13.2 Å². The molecule has 0 aliphatic carbocycles. The smallest absolute Gasteiger partial charge is 0.317 e. The fourth-order valence-electron chi connectivity index (χ4n) is 1.88. The molecule has 4 nitrogen and oxygen atoms in total. The second-order valence-corrected chi connectivity index (χ2v) is 5.33. The van der Waals surface area contributed by atoms with Gasteiger partial charge in [0.1, 0.15) is 0 Å². The van der Waals surface area contributed by atoms with Crippen LogP contribution in [0.15, 0.2) is 0 Å². The summed E-state index contributed by atoms with van der Waals surface area (Å²) in [6.45, 7) is 3.62. The van der Waals surface area contributed by atoms with Crippen molar-refractivity contribution in [2.24, 2.45) is 0 Å². The van der Waals surface area contributed by atoms with Gasteiger partial charge in [0, 0.05) is 24.9 Å². The van der Waals surface area contributed by atoms with Gasteiger partial charge in [0.25, 0.3) is 0 Å². The Bertz CT molecular complexity index is 213. The largest absolute Gasteiger partial charge is 0.378 e. The van der Waals surface area contributed by atoms with E-state index in [-0.39, 0.29) is 6.03 Å². The van der Waals surface area contributed by atoms with Crippen LogP contribution < -0.4 is 5.32 Å². The zero-order valence-corrected chi connectivity index (χ0v) is 9.72. The topological polar surface area (TPSA) is 41.6 Å². The SMILES string of the molecule is O=C(NCC1CCCS1)N1CCOCC1. The van der Waals surface area contributed by atoms with Crippen molar-refractivity contribution < 1.29 is 9.53 Å². The molecule has 2 fully saturated rings. The molecule has 0 spiro atoms. The van der Waals surface area contributed by atoms with Crippen molar-refractivity contribution >= 4 is 17.8 Å². The van der Waals surface area contributed by atoms with Gasteiger partial charge in [-0.3, -0.25) is 0 Å². The predicted molar refractivity (Wildman–Crippen MR) is 61.3 cm³/mol. The van der Waals surface area contributed by atoms with Crippen molar-refractivity contribution in [3.05, 3.63) is 0 Å². The molecule has 0 bridgehead atoms. The summed E-state index contributed by atoms with van der Waals surface area (Å²) in [6, 6.07) is 0.0748. The number of ether oxygens (including phenoxy) is 1. The van der Waals surface area contributed by atoms with Gasteiger partial charge < -0.3 is 15.0 Å². The minimum Gasteiger partial charge on any atom is -0.378 e. The van der Waals surface area contributed by atoms with Crippen molar-refractivity contribution in [1.82, 2.24) is 10.2 Å². The molecule has 0 saturated carbocycles. The average molecular weight is 230 g/mol. The molecule has 2 heterocycles. The molecule has 1 unspecified atom stereocenters.